The van der Waals surface area contributed by atoms with Crippen LogP contribution in [0.5, 0.6) is 0 Å². The summed E-state index contributed by atoms with van der Waals surface area (Å²) in [6.45, 7) is 0. The Morgan fingerprint density at radius 3 is 2.85 bits per heavy atom. The van der Waals surface area contributed by atoms with Crippen LogP contribution in [-0.4, -0.2) is 28.5 Å². The van der Waals surface area contributed by atoms with Crippen LogP contribution in [0.2, 0.25) is 0 Å². The van der Waals surface area contributed by atoms with Crippen LogP contribution in [0.25, 0.3) is 0 Å². The molecule has 1 aromatic heterocycles. The molecule has 2 unspecified atom stereocenters. The maximum atomic E-state index is 9.57. The second kappa shape index (κ2) is 7.36. The van der Waals surface area contributed by atoms with Crippen LogP contribution in [0.1, 0.15) is 56.3 Å². The van der Waals surface area contributed by atoms with Gasteiger partial charge in [-0.2, -0.15) is 10.2 Å². The highest BCUT2D eigenvalue weighted by Crippen LogP contribution is 2.35. The van der Waals surface area contributed by atoms with Crippen molar-refractivity contribution in [2.24, 2.45) is 5.92 Å². The van der Waals surface area contributed by atoms with E-state index in [2.05, 4.69) is 10.1 Å². The van der Waals surface area contributed by atoms with Crippen molar-refractivity contribution >= 4 is 0 Å². The summed E-state index contributed by atoms with van der Waals surface area (Å²) in [6.07, 6.45) is 5.34. The van der Waals surface area contributed by atoms with Gasteiger partial charge in [-0.25, -0.2) is 0 Å². The molecule has 2 atom stereocenters. The van der Waals surface area contributed by atoms with Gasteiger partial charge in [-0.15, -0.1) is 0 Å². The summed E-state index contributed by atoms with van der Waals surface area (Å²) >= 11 is 0. The summed E-state index contributed by atoms with van der Waals surface area (Å²) in [5.74, 6) is 1.35. The van der Waals surface area contributed by atoms with E-state index in [9.17, 15) is 5.11 Å². The Hall–Kier alpha value is -1.45. The van der Waals surface area contributed by atoms with Crippen LogP contribution >= 0.6 is 0 Å². The first kappa shape index (κ1) is 14.9. The quantitative estimate of drug-likeness (QED) is 0.857. The molecule has 1 aromatic rings. The molecule has 0 bridgehead atoms. The number of methoxy groups -OCH3 is 1. The van der Waals surface area contributed by atoms with Crippen molar-refractivity contribution in [3.05, 3.63) is 11.7 Å². The molecule has 0 aliphatic heterocycles. The first-order valence-electron chi connectivity index (χ1n) is 7.15. The highest BCUT2D eigenvalue weighted by atomic mass is 16.5. The summed E-state index contributed by atoms with van der Waals surface area (Å²) in [6, 6.07) is 1.92. The van der Waals surface area contributed by atoms with Crippen molar-refractivity contribution in [1.82, 2.24) is 10.1 Å². The summed E-state index contributed by atoms with van der Waals surface area (Å²) in [5, 5.41) is 22.1. The number of aliphatic hydroxyl groups excluding tert-OH is 1. The molecule has 1 heterocycles. The fourth-order valence-electron chi connectivity index (χ4n) is 2.79. The highest BCUT2D eigenvalue weighted by molar-refractivity contribution is 4.96. The number of hydrogen-bond acceptors (Lipinski definition) is 6. The second-order valence-electron chi connectivity index (χ2n) is 5.32. The zero-order valence-corrected chi connectivity index (χ0v) is 11.8. The molecular formula is C14H21N3O3. The predicted octanol–water partition coefficient (Wildman–Crippen LogP) is 2.15. The smallest absolute Gasteiger partial charge is 0.229 e. The molecule has 1 aliphatic rings. The van der Waals surface area contributed by atoms with Crippen molar-refractivity contribution in [3.8, 4) is 6.07 Å². The van der Waals surface area contributed by atoms with Gasteiger partial charge in [0.05, 0.1) is 25.0 Å². The van der Waals surface area contributed by atoms with Gasteiger partial charge in [0, 0.05) is 7.11 Å². The van der Waals surface area contributed by atoms with Crippen LogP contribution in [0.4, 0.5) is 0 Å². The van der Waals surface area contributed by atoms with Crippen LogP contribution in [0, 0.1) is 17.2 Å². The third-order valence-corrected chi connectivity index (χ3v) is 3.81. The van der Waals surface area contributed by atoms with E-state index in [1.54, 1.807) is 7.11 Å². The van der Waals surface area contributed by atoms with E-state index >= 15 is 0 Å². The average molecular weight is 279 g/mol. The largest absolute Gasteiger partial charge is 0.392 e. The monoisotopic (exact) mass is 279 g/mol. The number of nitrogens with zero attached hydrogens (tertiary/aromatic N) is 3. The van der Waals surface area contributed by atoms with Gasteiger partial charge in [-0.1, -0.05) is 24.4 Å². The van der Waals surface area contributed by atoms with E-state index in [1.807, 2.05) is 6.07 Å². The summed E-state index contributed by atoms with van der Waals surface area (Å²) in [7, 11) is 1.67. The van der Waals surface area contributed by atoms with Gasteiger partial charge in [-0.05, 0) is 18.8 Å². The number of ether oxygens (including phenoxy) is 1. The van der Waals surface area contributed by atoms with Crippen molar-refractivity contribution in [3.63, 3.8) is 0 Å². The van der Waals surface area contributed by atoms with E-state index < -0.39 is 6.10 Å². The van der Waals surface area contributed by atoms with Gasteiger partial charge in [0.25, 0.3) is 0 Å². The predicted molar refractivity (Wildman–Crippen MR) is 70.6 cm³/mol. The van der Waals surface area contributed by atoms with E-state index in [4.69, 9.17) is 14.5 Å². The van der Waals surface area contributed by atoms with Crippen molar-refractivity contribution < 1.29 is 14.4 Å². The third-order valence-electron chi connectivity index (χ3n) is 3.81. The molecule has 0 aromatic carbocycles. The topological polar surface area (TPSA) is 92.2 Å². The molecule has 0 radical (unpaired) electrons. The minimum Gasteiger partial charge on any atom is -0.392 e. The Kier molecular flexibility index (Phi) is 5.50. The summed E-state index contributed by atoms with van der Waals surface area (Å²) < 4.78 is 10.7. The molecule has 0 spiro atoms. The van der Waals surface area contributed by atoms with Gasteiger partial charge < -0.3 is 14.4 Å². The van der Waals surface area contributed by atoms with Crippen LogP contribution in [-0.2, 0) is 11.2 Å². The fraction of sp³-hybridized carbons (Fsp3) is 0.786. The standard InChI is InChI=1S/C14H21N3O3/c1-19-13(10-5-3-2-4-6-10)14-16-12(20-17-14)9-11(18)7-8-15/h10-11,13,18H,2-7,9H2,1H3. The number of hydrogen-bond donors (Lipinski definition) is 1. The molecule has 1 saturated carbocycles. The lowest BCUT2D eigenvalue weighted by atomic mass is 9.85. The first-order chi connectivity index (χ1) is 9.74. The zero-order chi connectivity index (χ0) is 14.4. The lowest BCUT2D eigenvalue weighted by molar-refractivity contribution is 0.0273. The SMILES string of the molecule is COC(c1noc(CC(O)CC#N)n1)C1CCCCC1. The molecule has 0 saturated heterocycles. The zero-order valence-electron chi connectivity index (χ0n) is 11.8. The average Bonchev–Trinajstić information content (AvgIpc) is 2.89. The maximum Gasteiger partial charge on any atom is 0.229 e. The number of rotatable bonds is 6. The lowest BCUT2D eigenvalue weighted by Crippen LogP contribution is -2.19. The molecule has 1 aliphatic carbocycles. The molecule has 1 fully saturated rings. The summed E-state index contributed by atoms with van der Waals surface area (Å²) in [5.41, 5.74) is 0. The van der Waals surface area contributed by atoms with Crippen molar-refractivity contribution in [1.29, 1.82) is 5.26 Å². The molecule has 6 heteroatoms. The van der Waals surface area contributed by atoms with Gasteiger partial charge in [0.1, 0.15) is 6.10 Å². The normalized spacial score (nSPS) is 19.4. The Bertz CT molecular complexity index is 449. The van der Waals surface area contributed by atoms with Gasteiger partial charge in [0.15, 0.2) is 0 Å². The molecule has 110 valence electrons. The fourth-order valence-corrected chi connectivity index (χ4v) is 2.79. The summed E-state index contributed by atoms with van der Waals surface area (Å²) in [4.78, 5) is 4.31. The Morgan fingerprint density at radius 2 is 2.20 bits per heavy atom. The molecule has 2 rings (SSSR count). The molecular weight excluding hydrogens is 258 g/mol. The lowest BCUT2D eigenvalue weighted by Gasteiger charge is -2.26. The molecule has 20 heavy (non-hydrogen) atoms. The number of nitriles is 1. The van der Waals surface area contributed by atoms with E-state index in [1.165, 1.54) is 19.3 Å². The van der Waals surface area contributed by atoms with Gasteiger partial charge in [-0.3, -0.25) is 0 Å². The minimum absolute atomic E-state index is 0.0635. The van der Waals surface area contributed by atoms with E-state index in [-0.39, 0.29) is 18.9 Å². The van der Waals surface area contributed by atoms with Crippen LogP contribution in [0.15, 0.2) is 4.52 Å². The Morgan fingerprint density at radius 1 is 1.45 bits per heavy atom. The number of aliphatic hydroxyl groups is 1. The second-order valence-corrected chi connectivity index (χ2v) is 5.32. The highest BCUT2D eigenvalue weighted by Gasteiger charge is 2.29. The Labute approximate surface area is 118 Å². The molecule has 1 N–H and O–H groups in total. The van der Waals surface area contributed by atoms with E-state index in [0.717, 1.165) is 12.8 Å². The van der Waals surface area contributed by atoms with Crippen LogP contribution < -0.4 is 0 Å². The molecule has 6 nitrogen and oxygen atoms in total. The van der Waals surface area contributed by atoms with Crippen molar-refractivity contribution in [2.75, 3.05) is 7.11 Å². The molecule has 0 amide bonds. The maximum absolute atomic E-state index is 9.57. The first-order valence-corrected chi connectivity index (χ1v) is 7.15. The van der Waals surface area contributed by atoms with Gasteiger partial charge in [0.2, 0.25) is 11.7 Å². The number of aromatic nitrogens is 2. The van der Waals surface area contributed by atoms with Gasteiger partial charge >= 0.3 is 0 Å². The van der Waals surface area contributed by atoms with Crippen molar-refractivity contribution in [2.45, 2.75) is 57.2 Å². The minimum atomic E-state index is -0.760. The third kappa shape index (κ3) is 3.78. The van der Waals surface area contributed by atoms with E-state index in [0.29, 0.717) is 17.6 Å². The Balaban J connectivity index is 2.00. The van der Waals surface area contributed by atoms with Crippen LogP contribution in [0.3, 0.4) is 0 Å².